The summed E-state index contributed by atoms with van der Waals surface area (Å²) < 4.78 is 24.3. The molecule has 3 nitrogen and oxygen atoms in total. The fourth-order valence-electron chi connectivity index (χ4n) is 2.18. The van der Waals surface area contributed by atoms with E-state index in [1.54, 1.807) is 17.8 Å². The van der Waals surface area contributed by atoms with Crippen molar-refractivity contribution >= 4 is 22.5 Å². The van der Waals surface area contributed by atoms with Crippen molar-refractivity contribution in [2.45, 2.75) is 12.7 Å². The second-order valence-electron chi connectivity index (χ2n) is 5.02. The van der Waals surface area contributed by atoms with Crippen LogP contribution in [0.25, 0.3) is 0 Å². The number of aryl methyl sites for hydroxylation is 1. The van der Waals surface area contributed by atoms with Gasteiger partial charge in [0.1, 0.15) is 23.1 Å². The number of benzene rings is 2. The number of aliphatic imine (C=N–C) groups is 1. The summed E-state index contributed by atoms with van der Waals surface area (Å²) in [5.74, 6) is 1.38. The number of halogens is 1. The topological polar surface area (TPSA) is 30.8 Å². The summed E-state index contributed by atoms with van der Waals surface area (Å²) in [5, 5.41) is 0.896. The maximum atomic E-state index is 13.7. The molecule has 0 spiro atoms. The quantitative estimate of drug-likeness (QED) is 0.835. The molecule has 0 saturated carbocycles. The summed E-state index contributed by atoms with van der Waals surface area (Å²) in [5.41, 5.74) is 2.89. The van der Waals surface area contributed by atoms with Gasteiger partial charge in [0.05, 0.1) is 7.11 Å². The van der Waals surface area contributed by atoms with E-state index >= 15 is 0 Å². The van der Waals surface area contributed by atoms with Crippen molar-refractivity contribution in [2.24, 2.45) is 4.99 Å². The first kappa shape index (κ1) is 14.9. The normalized spacial score (nSPS) is 13.1. The van der Waals surface area contributed by atoms with Gasteiger partial charge in [-0.15, -0.1) is 11.8 Å². The van der Waals surface area contributed by atoms with Crippen molar-refractivity contribution in [3.05, 3.63) is 53.3 Å². The lowest BCUT2D eigenvalue weighted by molar-refractivity contribution is 0.375. The molecule has 0 radical (unpaired) electrons. The Balaban J connectivity index is 1.69. The van der Waals surface area contributed by atoms with Crippen LogP contribution in [-0.4, -0.2) is 18.8 Å². The molecule has 0 N–H and O–H groups in total. The number of thioether (sulfide) groups is 1. The zero-order valence-corrected chi connectivity index (χ0v) is 13.2. The van der Waals surface area contributed by atoms with Crippen molar-refractivity contribution in [3.63, 3.8) is 0 Å². The third-order valence-corrected chi connectivity index (χ3v) is 4.35. The summed E-state index contributed by atoms with van der Waals surface area (Å²) in [6.45, 7) is 2.48. The van der Waals surface area contributed by atoms with Crippen LogP contribution in [0.5, 0.6) is 11.5 Å². The summed E-state index contributed by atoms with van der Waals surface area (Å²) in [4.78, 5) is 4.59. The van der Waals surface area contributed by atoms with Crippen molar-refractivity contribution < 1.29 is 13.9 Å². The lowest BCUT2D eigenvalue weighted by Gasteiger charge is -2.17. The second kappa shape index (κ2) is 6.40. The van der Waals surface area contributed by atoms with Gasteiger partial charge in [-0.25, -0.2) is 9.38 Å². The minimum Gasteiger partial charge on any atom is -0.494 e. The van der Waals surface area contributed by atoms with Crippen LogP contribution in [0.4, 0.5) is 10.1 Å². The van der Waals surface area contributed by atoms with E-state index in [0.717, 1.165) is 27.6 Å². The molecule has 3 rings (SSSR count). The Labute approximate surface area is 133 Å². The molecule has 0 bridgehead atoms. The van der Waals surface area contributed by atoms with E-state index in [0.29, 0.717) is 12.4 Å². The Morgan fingerprint density at radius 2 is 2.14 bits per heavy atom. The van der Waals surface area contributed by atoms with Gasteiger partial charge in [0.15, 0.2) is 11.6 Å². The van der Waals surface area contributed by atoms with E-state index in [1.807, 2.05) is 31.2 Å². The first-order chi connectivity index (χ1) is 10.7. The number of fused-ring (bicyclic) bond motifs is 1. The minimum atomic E-state index is -0.344. The summed E-state index contributed by atoms with van der Waals surface area (Å²) in [7, 11) is 1.46. The van der Waals surface area contributed by atoms with Gasteiger partial charge in [-0.05, 0) is 42.3 Å². The lowest BCUT2D eigenvalue weighted by Crippen LogP contribution is -2.12. The van der Waals surface area contributed by atoms with Crippen LogP contribution in [0.2, 0.25) is 0 Å². The fraction of sp³-hybridized carbons (Fsp3) is 0.235. The van der Waals surface area contributed by atoms with Crippen molar-refractivity contribution in [3.8, 4) is 11.5 Å². The lowest BCUT2D eigenvalue weighted by atomic mass is 10.2. The number of ether oxygens (including phenoxy) is 2. The highest BCUT2D eigenvalue weighted by Crippen LogP contribution is 2.33. The van der Waals surface area contributed by atoms with Crippen LogP contribution in [0.15, 0.2) is 41.4 Å². The number of nitrogens with zero attached hydrogens (tertiary/aromatic N) is 1. The molecule has 2 aromatic carbocycles. The smallest absolute Gasteiger partial charge is 0.165 e. The largest absolute Gasteiger partial charge is 0.494 e. The molecule has 0 aliphatic carbocycles. The van der Waals surface area contributed by atoms with E-state index in [2.05, 4.69) is 4.99 Å². The molecule has 1 aliphatic heterocycles. The van der Waals surface area contributed by atoms with Gasteiger partial charge in [0.25, 0.3) is 0 Å². The minimum absolute atomic E-state index is 0.261. The third kappa shape index (κ3) is 3.25. The molecule has 1 heterocycles. The maximum absolute atomic E-state index is 13.7. The van der Waals surface area contributed by atoms with Gasteiger partial charge < -0.3 is 9.47 Å². The van der Waals surface area contributed by atoms with Crippen LogP contribution < -0.4 is 9.47 Å². The Morgan fingerprint density at radius 1 is 1.27 bits per heavy atom. The average molecular weight is 317 g/mol. The predicted molar refractivity (Wildman–Crippen MR) is 88.0 cm³/mol. The molecule has 0 unspecified atom stereocenters. The molecule has 5 heteroatoms. The molecular formula is C17H16FNO2S. The SMILES string of the molecule is COc1ccc(CSC2=Nc3ccc(C)cc3OC2)cc1F. The molecule has 2 aromatic rings. The van der Waals surface area contributed by atoms with Gasteiger partial charge in [-0.2, -0.15) is 0 Å². The van der Waals surface area contributed by atoms with E-state index in [-0.39, 0.29) is 11.6 Å². The van der Waals surface area contributed by atoms with Crippen molar-refractivity contribution in [1.29, 1.82) is 0 Å². The maximum Gasteiger partial charge on any atom is 0.165 e. The standard InChI is InChI=1S/C17H16FNO2S/c1-11-3-5-14-16(7-11)21-9-17(19-14)22-10-12-4-6-15(20-2)13(18)8-12/h3-8H,9-10H2,1-2H3. The molecule has 114 valence electrons. The highest BCUT2D eigenvalue weighted by molar-refractivity contribution is 8.13. The molecule has 0 atom stereocenters. The number of hydrogen-bond acceptors (Lipinski definition) is 4. The van der Waals surface area contributed by atoms with E-state index in [1.165, 1.54) is 13.2 Å². The molecule has 0 amide bonds. The average Bonchev–Trinajstić information content (AvgIpc) is 2.53. The number of methoxy groups -OCH3 is 1. The van der Waals surface area contributed by atoms with Crippen LogP contribution in [0.3, 0.4) is 0 Å². The Kier molecular flexibility index (Phi) is 4.34. The Bertz CT molecular complexity index is 731. The van der Waals surface area contributed by atoms with Gasteiger partial charge in [-0.1, -0.05) is 12.1 Å². The van der Waals surface area contributed by atoms with Crippen molar-refractivity contribution in [2.75, 3.05) is 13.7 Å². The fourth-order valence-corrected chi connectivity index (χ4v) is 2.99. The van der Waals surface area contributed by atoms with E-state index in [9.17, 15) is 4.39 Å². The van der Waals surface area contributed by atoms with Crippen LogP contribution in [0.1, 0.15) is 11.1 Å². The Hall–Kier alpha value is -2.01. The van der Waals surface area contributed by atoms with Gasteiger partial charge in [0.2, 0.25) is 0 Å². The van der Waals surface area contributed by atoms with E-state index in [4.69, 9.17) is 9.47 Å². The summed E-state index contributed by atoms with van der Waals surface area (Å²) in [6.07, 6.45) is 0. The monoisotopic (exact) mass is 317 g/mol. The highest BCUT2D eigenvalue weighted by atomic mass is 32.2. The number of hydrogen-bond donors (Lipinski definition) is 0. The second-order valence-corrected chi connectivity index (χ2v) is 6.07. The zero-order valence-electron chi connectivity index (χ0n) is 12.4. The van der Waals surface area contributed by atoms with Crippen LogP contribution in [0, 0.1) is 12.7 Å². The Morgan fingerprint density at radius 3 is 2.91 bits per heavy atom. The first-order valence-corrected chi connectivity index (χ1v) is 7.90. The van der Waals surface area contributed by atoms with Crippen molar-refractivity contribution in [1.82, 2.24) is 0 Å². The predicted octanol–water partition coefficient (Wildman–Crippen LogP) is 4.50. The molecule has 1 aliphatic rings. The zero-order chi connectivity index (χ0) is 15.5. The third-order valence-electron chi connectivity index (χ3n) is 3.33. The van der Waals surface area contributed by atoms with E-state index < -0.39 is 0 Å². The number of rotatable bonds is 3. The van der Waals surface area contributed by atoms with Gasteiger partial charge in [-0.3, -0.25) is 0 Å². The summed E-state index contributed by atoms with van der Waals surface area (Å²) in [6, 6.07) is 10.9. The van der Waals surface area contributed by atoms with Crippen LogP contribution in [-0.2, 0) is 5.75 Å². The summed E-state index contributed by atoms with van der Waals surface area (Å²) >= 11 is 1.56. The molecule has 22 heavy (non-hydrogen) atoms. The molecule has 0 aromatic heterocycles. The molecular weight excluding hydrogens is 301 g/mol. The molecule has 0 fully saturated rings. The van der Waals surface area contributed by atoms with Crippen LogP contribution >= 0.6 is 11.8 Å². The van der Waals surface area contributed by atoms with Gasteiger partial charge in [0, 0.05) is 5.75 Å². The molecule has 0 saturated heterocycles. The van der Waals surface area contributed by atoms with Gasteiger partial charge >= 0.3 is 0 Å². The first-order valence-electron chi connectivity index (χ1n) is 6.92. The highest BCUT2D eigenvalue weighted by Gasteiger charge is 2.14.